The second-order valence-corrected chi connectivity index (χ2v) is 6.41. The average Bonchev–Trinajstić information content (AvgIpc) is 3.08. The van der Waals surface area contributed by atoms with Crippen LogP contribution >= 0.6 is 11.3 Å². The highest BCUT2D eigenvalue weighted by molar-refractivity contribution is 7.22. The molecule has 0 radical (unpaired) electrons. The van der Waals surface area contributed by atoms with Crippen LogP contribution in [0.25, 0.3) is 21.3 Å². The highest BCUT2D eigenvalue weighted by Crippen LogP contribution is 2.30. The maximum Gasteiger partial charge on any atom is 0.335 e. The normalized spacial score (nSPS) is 11.3. The Labute approximate surface area is 143 Å². The van der Waals surface area contributed by atoms with E-state index in [2.05, 4.69) is 15.3 Å². The second kappa shape index (κ2) is 5.49. The number of imidazole rings is 1. The Morgan fingerprint density at radius 3 is 2.68 bits per heavy atom. The van der Waals surface area contributed by atoms with E-state index in [0.29, 0.717) is 26.8 Å². The van der Waals surface area contributed by atoms with Gasteiger partial charge in [-0.3, -0.25) is 0 Å². The molecule has 4 rings (SSSR count). The molecular weight excluding hydrogens is 350 g/mol. The molecule has 6 nitrogen and oxygen atoms in total. The highest BCUT2D eigenvalue weighted by atomic mass is 32.1. The third kappa shape index (κ3) is 2.58. The first-order valence-corrected chi connectivity index (χ1v) is 7.96. The lowest BCUT2D eigenvalue weighted by atomic mass is 10.2. The van der Waals surface area contributed by atoms with Crippen molar-refractivity contribution in [2.24, 2.45) is 7.05 Å². The van der Waals surface area contributed by atoms with Gasteiger partial charge in [0.1, 0.15) is 0 Å². The molecule has 0 bridgehead atoms. The number of rotatable bonds is 3. The standard InChI is InChI=1S/C16H10F2N4O2S/c1-22-12-3-2-7(14(23)24)4-10(12)19-15(22)21-16-20-11-5-8(17)9(18)6-13(11)25-16/h2-6H,1H3,(H,23,24)(H,19,20,21). The molecule has 0 fully saturated rings. The van der Waals surface area contributed by atoms with Gasteiger partial charge in [-0.2, -0.15) is 0 Å². The van der Waals surface area contributed by atoms with E-state index in [1.165, 1.54) is 23.5 Å². The molecule has 0 aliphatic carbocycles. The van der Waals surface area contributed by atoms with E-state index < -0.39 is 17.6 Å². The summed E-state index contributed by atoms with van der Waals surface area (Å²) in [7, 11) is 1.77. The third-order valence-electron chi connectivity index (χ3n) is 3.78. The third-order valence-corrected chi connectivity index (χ3v) is 4.71. The zero-order chi connectivity index (χ0) is 17.7. The van der Waals surface area contributed by atoms with Crippen molar-refractivity contribution in [1.29, 1.82) is 0 Å². The number of benzene rings is 2. The van der Waals surface area contributed by atoms with Crippen LogP contribution in [-0.4, -0.2) is 25.6 Å². The number of nitrogens with one attached hydrogen (secondary N) is 1. The SMILES string of the molecule is Cn1c(Nc2nc3cc(F)c(F)cc3s2)nc2cc(C(=O)O)ccc21. The number of aromatic carboxylic acids is 1. The zero-order valence-electron chi connectivity index (χ0n) is 12.7. The van der Waals surface area contributed by atoms with Gasteiger partial charge in [0.05, 0.1) is 26.8 Å². The number of carboxylic acid groups (broad SMARTS) is 1. The molecule has 2 N–H and O–H groups in total. The molecule has 25 heavy (non-hydrogen) atoms. The lowest BCUT2D eigenvalue weighted by Crippen LogP contribution is -1.98. The van der Waals surface area contributed by atoms with Crippen molar-refractivity contribution >= 4 is 49.6 Å². The van der Waals surface area contributed by atoms with Crippen molar-refractivity contribution in [2.75, 3.05) is 5.32 Å². The smallest absolute Gasteiger partial charge is 0.335 e. The molecule has 0 aliphatic rings. The lowest BCUT2D eigenvalue weighted by Gasteiger charge is -2.02. The van der Waals surface area contributed by atoms with E-state index in [-0.39, 0.29) is 5.56 Å². The average molecular weight is 360 g/mol. The Morgan fingerprint density at radius 1 is 1.16 bits per heavy atom. The van der Waals surface area contributed by atoms with E-state index in [0.717, 1.165) is 17.6 Å². The summed E-state index contributed by atoms with van der Waals surface area (Å²) in [6.45, 7) is 0. The predicted molar refractivity (Wildman–Crippen MR) is 90.5 cm³/mol. The summed E-state index contributed by atoms with van der Waals surface area (Å²) in [6.07, 6.45) is 0. The Bertz CT molecular complexity index is 1110. The number of aromatic nitrogens is 3. The van der Waals surface area contributed by atoms with Crippen LogP contribution < -0.4 is 5.32 Å². The second-order valence-electron chi connectivity index (χ2n) is 5.38. The van der Waals surface area contributed by atoms with Crippen LogP contribution in [0.5, 0.6) is 0 Å². The number of halogens is 2. The van der Waals surface area contributed by atoms with Gasteiger partial charge in [-0.25, -0.2) is 23.5 Å². The summed E-state index contributed by atoms with van der Waals surface area (Å²) in [4.78, 5) is 19.6. The minimum atomic E-state index is -1.03. The van der Waals surface area contributed by atoms with E-state index in [1.807, 2.05) is 0 Å². The van der Waals surface area contributed by atoms with Gasteiger partial charge in [-0.15, -0.1) is 0 Å². The summed E-state index contributed by atoms with van der Waals surface area (Å²) >= 11 is 1.17. The lowest BCUT2D eigenvalue weighted by molar-refractivity contribution is 0.0697. The Morgan fingerprint density at radius 2 is 1.92 bits per heavy atom. The molecule has 2 heterocycles. The first-order valence-electron chi connectivity index (χ1n) is 7.15. The van der Waals surface area contributed by atoms with Crippen LogP contribution in [0.2, 0.25) is 0 Å². The summed E-state index contributed by atoms with van der Waals surface area (Å²) in [6, 6.07) is 6.79. The molecule has 0 saturated heterocycles. The number of hydrogen-bond donors (Lipinski definition) is 2. The molecule has 0 saturated carbocycles. The van der Waals surface area contributed by atoms with Gasteiger partial charge in [0.15, 0.2) is 16.8 Å². The van der Waals surface area contributed by atoms with Crippen molar-refractivity contribution in [3.05, 3.63) is 47.5 Å². The molecule has 9 heteroatoms. The van der Waals surface area contributed by atoms with Crippen molar-refractivity contribution in [2.45, 2.75) is 0 Å². The van der Waals surface area contributed by atoms with Crippen LogP contribution in [0.4, 0.5) is 19.9 Å². The molecule has 2 aromatic heterocycles. The number of carboxylic acids is 1. The molecule has 0 aliphatic heterocycles. The first kappa shape index (κ1) is 15.5. The molecule has 0 atom stereocenters. The molecule has 0 unspecified atom stereocenters. The molecule has 4 aromatic rings. The Hall–Kier alpha value is -3.07. The van der Waals surface area contributed by atoms with E-state index >= 15 is 0 Å². The van der Waals surface area contributed by atoms with Gasteiger partial charge in [0.2, 0.25) is 5.95 Å². The number of fused-ring (bicyclic) bond motifs is 2. The Balaban J connectivity index is 1.75. The van der Waals surface area contributed by atoms with Crippen LogP contribution in [-0.2, 0) is 7.05 Å². The number of thiazole rings is 1. The maximum atomic E-state index is 13.3. The topological polar surface area (TPSA) is 80.0 Å². The first-order chi connectivity index (χ1) is 11.9. The largest absolute Gasteiger partial charge is 0.478 e. The van der Waals surface area contributed by atoms with Crippen LogP contribution in [0, 0.1) is 11.6 Å². The monoisotopic (exact) mass is 360 g/mol. The minimum Gasteiger partial charge on any atom is -0.478 e. The molecular formula is C16H10F2N4O2S. The summed E-state index contributed by atoms with van der Waals surface area (Å²) in [5.74, 6) is -2.46. The van der Waals surface area contributed by atoms with Gasteiger partial charge in [0, 0.05) is 13.1 Å². The fourth-order valence-corrected chi connectivity index (χ4v) is 3.38. The van der Waals surface area contributed by atoms with Gasteiger partial charge in [-0.05, 0) is 24.3 Å². The summed E-state index contributed by atoms with van der Waals surface area (Å²) in [5, 5.41) is 12.5. The van der Waals surface area contributed by atoms with E-state index in [4.69, 9.17) is 5.11 Å². The zero-order valence-corrected chi connectivity index (χ0v) is 13.6. The van der Waals surface area contributed by atoms with Gasteiger partial charge in [-0.1, -0.05) is 11.3 Å². The van der Waals surface area contributed by atoms with Gasteiger partial charge >= 0.3 is 5.97 Å². The molecule has 0 amide bonds. The van der Waals surface area contributed by atoms with Crippen molar-refractivity contribution in [3.63, 3.8) is 0 Å². The van der Waals surface area contributed by atoms with Crippen molar-refractivity contribution in [3.8, 4) is 0 Å². The number of hydrogen-bond acceptors (Lipinski definition) is 5. The van der Waals surface area contributed by atoms with Crippen LogP contribution in [0.1, 0.15) is 10.4 Å². The highest BCUT2D eigenvalue weighted by Gasteiger charge is 2.14. The minimum absolute atomic E-state index is 0.142. The number of aryl methyl sites for hydroxylation is 1. The fraction of sp³-hybridized carbons (Fsp3) is 0.0625. The number of anilines is 2. The maximum absolute atomic E-state index is 13.3. The van der Waals surface area contributed by atoms with Crippen LogP contribution in [0.15, 0.2) is 30.3 Å². The summed E-state index contributed by atoms with van der Waals surface area (Å²) in [5.41, 5.74) is 1.75. The number of carbonyl (C=O) groups is 1. The van der Waals surface area contributed by atoms with Crippen molar-refractivity contribution in [1.82, 2.24) is 14.5 Å². The fourth-order valence-electron chi connectivity index (χ4n) is 2.52. The molecule has 126 valence electrons. The molecule has 2 aromatic carbocycles. The predicted octanol–water partition coefficient (Wildman–Crippen LogP) is 3.90. The van der Waals surface area contributed by atoms with E-state index in [9.17, 15) is 13.6 Å². The number of nitrogens with zero attached hydrogens (tertiary/aromatic N) is 3. The van der Waals surface area contributed by atoms with Gasteiger partial charge in [0.25, 0.3) is 0 Å². The quantitative estimate of drug-likeness (QED) is 0.579. The van der Waals surface area contributed by atoms with Gasteiger partial charge < -0.3 is 15.0 Å². The Kier molecular flexibility index (Phi) is 3.39. The van der Waals surface area contributed by atoms with E-state index in [1.54, 1.807) is 17.7 Å². The van der Waals surface area contributed by atoms with Crippen molar-refractivity contribution < 1.29 is 18.7 Å². The molecule has 0 spiro atoms. The van der Waals surface area contributed by atoms with Crippen LogP contribution in [0.3, 0.4) is 0 Å². The summed E-state index contributed by atoms with van der Waals surface area (Å²) < 4.78 is 28.9.